The van der Waals surface area contributed by atoms with Crippen molar-refractivity contribution in [2.24, 2.45) is 7.05 Å². The van der Waals surface area contributed by atoms with Gasteiger partial charge in [-0.25, -0.2) is 9.59 Å². The molecule has 0 bridgehead atoms. The molecule has 0 N–H and O–H groups in total. The zero-order valence-corrected chi connectivity index (χ0v) is 4.08. The maximum absolute atomic E-state index is 10.0. The summed E-state index contributed by atoms with van der Waals surface area (Å²) in [7, 11) is 1.31. The van der Waals surface area contributed by atoms with Gasteiger partial charge < -0.3 is 0 Å². The van der Waals surface area contributed by atoms with Gasteiger partial charge in [0.2, 0.25) is 0 Å². The van der Waals surface area contributed by atoms with Crippen LogP contribution in [0.5, 0.6) is 0 Å². The molecule has 1 rings (SSSR count). The number of hydrogen-bond acceptors (Lipinski definition) is 4. The fraction of sp³-hybridized carbons (Fsp3) is 0.333. The molecule has 5 heteroatoms. The Hall–Kier alpha value is -1.26. The summed E-state index contributed by atoms with van der Waals surface area (Å²) >= 11 is 0. The van der Waals surface area contributed by atoms with Gasteiger partial charge in [-0.1, -0.05) is 4.91 Å². The molecule has 0 aromatic carbocycles. The maximum Gasteiger partial charge on any atom is 0.446 e. The van der Waals surface area contributed by atoms with Gasteiger partial charge in [-0.3, -0.25) is 9.05 Å². The molecule has 1 aromatic rings. The fourth-order valence-corrected chi connectivity index (χ4v) is 0.327. The lowest BCUT2D eigenvalue weighted by Gasteiger charge is -1.73. The van der Waals surface area contributed by atoms with Crippen molar-refractivity contribution in [1.82, 2.24) is 4.91 Å². The highest BCUT2D eigenvalue weighted by Gasteiger charge is 1.97. The van der Waals surface area contributed by atoms with Gasteiger partial charge in [-0.2, -0.15) is 0 Å². The summed E-state index contributed by atoms with van der Waals surface area (Å²) in [5.74, 6) is 0. The van der Waals surface area contributed by atoms with Gasteiger partial charge in [-0.05, 0) is 0 Å². The molecule has 44 valence electrons. The number of hydrogen-bond donors (Lipinski definition) is 0. The third-order valence-corrected chi connectivity index (χ3v) is 0.590. The average Bonchev–Trinajstić information content (AvgIpc) is 1.85. The van der Waals surface area contributed by atoms with E-state index in [9.17, 15) is 9.59 Å². The Balaban J connectivity index is 3.59. The molecule has 0 aliphatic carbocycles. The van der Waals surface area contributed by atoms with E-state index in [0.717, 1.165) is 0 Å². The Kier molecular flexibility index (Phi) is 0.831. The number of nitrogens with zero attached hydrogens (tertiary/aromatic N) is 1. The maximum atomic E-state index is 10.0. The summed E-state index contributed by atoms with van der Waals surface area (Å²) in [5, 5.41) is 0. The van der Waals surface area contributed by atoms with Crippen LogP contribution >= 0.6 is 0 Å². The molecule has 0 atom stereocenters. The van der Waals surface area contributed by atoms with Gasteiger partial charge in [0.1, 0.15) is 0 Å². The Morgan fingerprint density at radius 3 is 1.75 bits per heavy atom. The van der Waals surface area contributed by atoms with Crippen LogP contribution in [-0.2, 0) is 7.05 Å². The molecule has 1 heterocycles. The molecule has 0 spiro atoms. The minimum atomic E-state index is -0.979. The minimum absolute atomic E-state index is 0.699. The van der Waals surface area contributed by atoms with Crippen LogP contribution in [0.2, 0.25) is 0 Å². The average molecular weight is 117 g/mol. The van der Waals surface area contributed by atoms with Crippen molar-refractivity contribution in [2.75, 3.05) is 0 Å². The standard InChI is InChI=1S/C3H3NO4/c1-4-7-2(5)3(6)8-4/h1H3. The lowest BCUT2D eigenvalue weighted by molar-refractivity contribution is 0.101. The summed E-state index contributed by atoms with van der Waals surface area (Å²) < 4.78 is 8.19. The molecule has 0 radical (unpaired) electrons. The van der Waals surface area contributed by atoms with Crippen LogP contribution < -0.4 is 11.3 Å². The number of rotatable bonds is 0. The highest BCUT2D eigenvalue weighted by molar-refractivity contribution is 4.55. The van der Waals surface area contributed by atoms with Gasteiger partial charge in [0.25, 0.3) is 0 Å². The van der Waals surface area contributed by atoms with Gasteiger partial charge in [0.05, 0.1) is 7.05 Å². The Bertz CT molecular complexity index is 248. The molecular weight excluding hydrogens is 114 g/mol. The highest BCUT2D eigenvalue weighted by atomic mass is 16.7. The van der Waals surface area contributed by atoms with Crippen molar-refractivity contribution >= 4 is 0 Å². The van der Waals surface area contributed by atoms with Crippen molar-refractivity contribution in [1.29, 1.82) is 0 Å². The zero-order valence-electron chi connectivity index (χ0n) is 4.08. The lowest BCUT2D eigenvalue weighted by atomic mass is 11.0. The third kappa shape index (κ3) is 0.575. The molecule has 1 aromatic heterocycles. The van der Waals surface area contributed by atoms with Crippen molar-refractivity contribution < 1.29 is 9.05 Å². The Labute approximate surface area is 43.1 Å². The summed E-state index contributed by atoms with van der Waals surface area (Å²) in [6, 6.07) is 0. The van der Waals surface area contributed by atoms with E-state index in [-0.39, 0.29) is 0 Å². The first kappa shape index (κ1) is 4.89. The second kappa shape index (κ2) is 1.36. The van der Waals surface area contributed by atoms with Crippen LogP contribution in [-0.4, -0.2) is 4.91 Å². The molecule has 8 heavy (non-hydrogen) atoms. The zero-order chi connectivity index (χ0) is 6.15. The predicted molar refractivity (Wildman–Crippen MR) is 22.5 cm³/mol. The van der Waals surface area contributed by atoms with E-state index in [1.54, 1.807) is 0 Å². The number of aromatic nitrogens is 1. The Morgan fingerprint density at radius 1 is 1.25 bits per heavy atom. The normalized spacial score (nSPS) is 9.62. The quantitative estimate of drug-likeness (QED) is 0.406. The fourth-order valence-electron chi connectivity index (χ4n) is 0.327. The molecule has 0 fully saturated rings. The lowest BCUT2D eigenvalue weighted by Crippen LogP contribution is -2.14. The molecule has 0 aliphatic heterocycles. The largest absolute Gasteiger partial charge is 0.446 e. The van der Waals surface area contributed by atoms with E-state index >= 15 is 0 Å². The van der Waals surface area contributed by atoms with E-state index in [0.29, 0.717) is 4.91 Å². The predicted octanol–water partition coefficient (Wildman–Crippen LogP) is -1.07. The van der Waals surface area contributed by atoms with Gasteiger partial charge in [-0.15, -0.1) is 0 Å². The first-order valence-corrected chi connectivity index (χ1v) is 1.88. The molecule has 0 unspecified atom stereocenters. The van der Waals surface area contributed by atoms with E-state index in [2.05, 4.69) is 9.05 Å². The van der Waals surface area contributed by atoms with Gasteiger partial charge >= 0.3 is 11.3 Å². The van der Waals surface area contributed by atoms with E-state index in [4.69, 9.17) is 0 Å². The smallest absolute Gasteiger partial charge is 0.299 e. The molecule has 0 aliphatic rings. The second-order valence-corrected chi connectivity index (χ2v) is 1.20. The molecule has 0 amide bonds. The van der Waals surface area contributed by atoms with Crippen molar-refractivity contribution in [3.8, 4) is 0 Å². The van der Waals surface area contributed by atoms with Crippen LogP contribution in [0.3, 0.4) is 0 Å². The van der Waals surface area contributed by atoms with Crippen molar-refractivity contribution in [3.05, 3.63) is 20.8 Å². The van der Waals surface area contributed by atoms with Crippen LogP contribution in [0.1, 0.15) is 0 Å². The van der Waals surface area contributed by atoms with E-state index < -0.39 is 11.3 Å². The summed E-state index contributed by atoms with van der Waals surface area (Å²) in [6.07, 6.45) is 0. The second-order valence-electron chi connectivity index (χ2n) is 1.20. The molecule has 5 nitrogen and oxygen atoms in total. The summed E-state index contributed by atoms with van der Waals surface area (Å²) in [4.78, 5) is 20.8. The summed E-state index contributed by atoms with van der Waals surface area (Å²) in [6.45, 7) is 0. The first-order valence-electron chi connectivity index (χ1n) is 1.88. The van der Waals surface area contributed by atoms with Gasteiger partial charge in [0, 0.05) is 0 Å². The monoisotopic (exact) mass is 117 g/mol. The number of aryl methyl sites for hydroxylation is 1. The van der Waals surface area contributed by atoms with E-state index in [1.807, 2.05) is 0 Å². The highest BCUT2D eigenvalue weighted by Crippen LogP contribution is 1.63. The third-order valence-electron chi connectivity index (χ3n) is 0.590. The molecular formula is C3H3NO4. The SMILES string of the molecule is Cn1oc(=O)c(=O)o1. The van der Waals surface area contributed by atoms with Crippen LogP contribution in [0.4, 0.5) is 0 Å². The van der Waals surface area contributed by atoms with Crippen LogP contribution in [0.25, 0.3) is 0 Å². The van der Waals surface area contributed by atoms with E-state index in [1.165, 1.54) is 7.05 Å². The molecule has 0 saturated heterocycles. The summed E-state index contributed by atoms with van der Waals surface area (Å²) in [5.41, 5.74) is -1.96. The van der Waals surface area contributed by atoms with Crippen molar-refractivity contribution in [3.63, 3.8) is 0 Å². The molecule has 0 saturated carbocycles. The van der Waals surface area contributed by atoms with Gasteiger partial charge in [0.15, 0.2) is 0 Å². The topological polar surface area (TPSA) is 65.3 Å². The van der Waals surface area contributed by atoms with Crippen LogP contribution in [0, 0.1) is 0 Å². The Morgan fingerprint density at radius 2 is 1.62 bits per heavy atom. The van der Waals surface area contributed by atoms with Crippen LogP contribution in [0.15, 0.2) is 18.6 Å². The first-order chi connectivity index (χ1) is 3.70. The minimum Gasteiger partial charge on any atom is -0.299 e. The van der Waals surface area contributed by atoms with Crippen molar-refractivity contribution in [2.45, 2.75) is 0 Å².